The van der Waals surface area contributed by atoms with Crippen LogP contribution in [0.3, 0.4) is 0 Å². The van der Waals surface area contributed by atoms with Gasteiger partial charge in [-0.25, -0.2) is 4.98 Å². The lowest BCUT2D eigenvalue weighted by Crippen LogP contribution is -2.41. The van der Waals surface area contributed by atoms with Gasteiger partial charge in [0.15, 0.2) is 5.76 Å². The molecule has 1 fully saturated rings. The maximum atomic E-state index is 12.7. The molecule has 2 aromatic heterocycles. The topological polar surface area (TPSA) is 61.6 Å². The lowest BCUT2D eigenvalue weighted by molar-refractivity contribution is 0.102. The number of furan rings is 1. The molecule has 6 nitrogen and oxygen atoms in total. The van der Waals surface area contributed by atoms with Crippen molar-refractivity contribution in [1.29, 1.82) is 0 Å². The van der Waals surface area contributed by atoms with Crippen LogP contribution in [0.1, 0.15) is 28.9 Å². The van der Waals surface area contributed by atoms with Crippen LogP contribution in [0.25, 0.3) is 11.5 Å². The summed E-state index contributed by atoms with van der Waals surface area (Å²) in [6, 6.07) is 16.0. The van der Waals surface area contributed by atoms with Crippen molar-refractivity contribution >= 4 is 17.3 Å². The monoisotopic (exact) mass is 404 g/mol. The minimum atomic E-state index is -0.162. The van der Waals surface area contributed by atoms with Gasteiger partial charge < -0.3 is 19.5 Å². The van der Waals surface area contributed by atoms with Crippen molar-refractivity contribution in [2.45, 2.75) is 25.8 Å². The van der Waals surface area contributed by atoms with Crippen molar-refractivity contribution in [1.82, 2.24) is 9.88 Å². The Bertz CT molecular complexity index is 989. The lowest BCUT2D eigenvalue weighted by atomic mass is 10.0. The summed E-state index contributed by atoms with van der Waals surface area (Å²) in [6.45, 7) is 3.95. The van der Waals surface area contributed by atoms with Gasteiger partial charge in [-0.1, -0.05) is 0 Å². The van der Waals surface area contributed by atoms with E-state index in [1.165, 1.54) is 18.5 Å². The van der Waals surface area contributed by atoms with Gasteiger partial charge in [-0.3, -0.25) is 4.79 Å². The number of hydrogen-bond acceptors (Lipinski definition) is 5. The molecule has 30 heavy (non-hydrogen) atoms. The second-order valence-electron chi connectivity index (χ2n) is 7.99. The maximum absolute atomic E-state index is 12.7. The van der Waals surface area contributed by atoms with Crippen LogP contribution in [0, 0.1) is 6.92 Å². The van der Waals surface area contributed by atoms with Crippen LogP contribution in [-0.2, 0) is 0 Å². The highest BCUT2D eigenvalue weighted by atomic mass is 16.3. The summed E-state index contributed by atoms with van der Waals surface area (Å²) in [6.07, 6.45) is 3.96. The zero-order valence-corrected chi connectivity index (χ0v) is 17.8. The summed E-state index contributed by atoms with van der Waals surface area (Å²) in [5, 5.41) is 2.98. The number of carbonyl (C=O) groups is 1. The van der Waals surface area contributed by atoms with E-state index in [2.05, 4.69) is 46.3 Å². The molecule has 3 aromatic rings. The summed E-state index contributed by atoms with van der Waals surface area (Å²) in [7, 11) is 4.30. The Kier molecular flexibility index (Phi) is 5.86. The molecule has 1 saturated heterocycles. The number of hydrogen-bond donors (Lipinski definition) is 1. The average Bonchev–Trinajstić information content (AvgIpc) is 3.29. The molecule has 1 aliphatic heterocycles. The number of piperidine rings is 1. The first-order chi connectivity index (χ1) is 14.5. The quantitative estimate of drug-likeness (QED) is 0.682. The van der Waals surface area contributed by atoms with Crippen LogP contribution in [0.2, 0.25) is 0 Å². The van der Waals surface area contributed by atoms with Gasteiger partial charge >= 0.3 is 0 Å². The number of rotatable bonds is 5. The standard InChI is InChI=1S/C24H28N4O2/c1-17-21(10-11-22(25-17)23-5-4-16-30-23)24(29)26-18-6-8-20(9-7-18)28-14-12-19(13-15-28)27(2)3/h4-11,16,19H,12-15H2,1-3H3,(H,26,29). The molecular formula is C24H28N4O2. The third-order valence-electron chi connectivity index (χ3n) is 5.79. The number of nitrogens with one attached hydrogen (secondary N) is 1. The molecule has 0 unspecified atom stereocenters. The van der Waals surface area contributed by atoms with E-state index in [1.54, 1.807) is 18.4 Å². The number of nitrogens with zero attached hydrogens (tertiary/aromatic N) is 3. The molecule has 0 atom stereocenters. The first kappa shape index (κ1) is 20.2. The normalized spacial score (nSPS) is 14.9. The van der Waals surface area contributed by atoms with Crippen molar-refractivity contribution < 1.29 is 9.21 Å². The predicted molar refractivity (Wildman–Crippen MR) is 120 cm³/mol. The Labute approximate surface area is 177 Å². The van der Waals surface area contributed by atoms with Gasteiger partial charge in [-0.15, -0.1) is 0 Å². The first-order valence-corrected chi connectivity index (χ1v) is 10.4. The molecule has 1 aliphatic rings. The van der Waals surface area contributed by atoms with Crippen LogP contribution in [0.4, 0.5) is 11.4 Å². The van der Waals surface area contributed by atoms with Gasteiger partial charge in [0.2, 0.25) is 0 Å². The second-order valence-corrected chi connectivity index (χ2v) is 7.99. The summed E-state index contributed by atoms with van der Waals surface area (Å²) in [5.74, 6) is 0.529. The Balaban J connectivity index is 1.39. The fraction of sp³-hybridized carbons (Fsp3) is 0.333. The van der Waals surface area contributed by atoms with Gasteiger partial charge in [-0.05, 0) is 82.4 Å². The van der Waals surface area contributed by atoms with Gasteiger partial charge in [0.05, 0.1) is 17.5 Å². The van der Waals surface area contributed by atoms with Crippen molar-refractivity contribution in [3.8, 4) is 11.5 Å². The van der Waals surface area contributed by atoms with Crippen LogP contribution in [0.15, 0.2) is 59.2 Å². The Hall–Kier alpha value is -3.12. The van der Waals surface area contributed by atoms with E-state index < -0.39 is 0 Å². The molecule has 3 heterocycles. The highest BCUT2D eigenvalue weighted by molar-refractivity contribution is 6.05. The van der Waals surface area contributed by atoms with E-state index in [0.717, 1.165) is 24.5 Å². The molecular weight excluding hydrogens is 376 g/mol. The first-order valence-electron chi connectivity index (χ1n) is 10.4. The summed E-state index contributed by atoms with van der Waals surface area (Å²) in [5.41, 5.74) is 3.92. The molecule has 0 saturated carbocycles. The van der Waals surface area contributed by atoms with Crippen LogP contribution >= 0.6 is 0 Å². The molecule has 156 valence electrons. The summed E-state index contributed by atoms with van der Waals surface area (Å²) >= 11 is 0. The van der Waals surface area contributed by atoms with Gasteiger partial charge in [0, 0.05) is 30.5 Å². The number of carbonyl (C=O) groups excluding carboxylic acids is 1. The SMILES string of the molecule is Cc1nc(-c2ccco2)ccc1C(=O)Nc1ccc(N2CCC(N(C)C)CC2)cc1. The van der Waals surface area contributed by atoms with Gasteiger partial charge in [-0.2, -0.15) is 0 Å². The Morgan fingerprint density at radius 3 is 2.43 bits per heavy atom. The molecule has 1 aromatic carbocycles. The number of pyridine rings is 1. The van der Waals surface area contributed by atoms with E-state index in [0.29, 0.717) is 23.1 Å². The molecule has 0 spiro atoms. The summed E-state index contributed by atoms with van der Waals surface area (Å²) < 4.78 is 5.38. The smallest absolute Gasteiger partial charge is 0.257 e. The summed E-state index contributed by atoms with van der Waals surface area (Å²) in [4.78, 5) is 22.0. The Morgan fingerprint density at radius 1 is 1.10 bits per heavy atom. The van der Waals surface area contributed by atoms with Crippen molar-refractivity contribution in [3.05, 3.63) is 66.1 Å². The molecule has 1 N–H and O–H groups in total. The number of aromatic nitrogens is 1. The largest absolute Gasteiger partial charge is 0.463 e. The van der Waals surface area contributed by atoms with Crippen molar-refractivity contribution in [2.24, 2.45) is 0 Å². The fourth-order valence-corrected chi connectivity index (χ4v) is 3.96. The van der Waals surface area contributed by atoms with Crippen LogP contribution < -0.4 is 10.2 Å². The van der Waals surface area contributed by atoms with Crippen LogP contribution in [-0.4, -0.2) is 49.0 Å². The number of amides is 1. The highest BCUT2D eigenvalue weighted by Gasteiger charge is 2.20. The third kappa shape index (κ3) is 4.39. The number of aryl methyl sites for hydroxylation is 1. The van der Waals surface area contributed by atoms with E-state index >= 15 is 0 Å². The third-order valence-corrected chi connectivity index (χ3v) is 5.79. The van der Waals surface area contributed by atoms with E-state index in [4.69, 9.17) is 4.42 Å². The lowest BCUT2D eigenvalue weighted by Gasteiger charge is -2.36. The zero-order valence-electron chi connectivity index (χ0n) is 17.8. The molecule has 0 bridgehead atoms. The minimum absolute atomic E-state index is 0.162. The van der Waals surface area contributed by atoms with Crippen molar-refractivity contribution in [2.75, 3.05) is 37.4 Å². The molecule has 1 amide bonds. The maximum Gasteiger partial charge on any atom is 0.257 e. The molecule has 0 radical (unpaired) electrons. The predicted octanol–water partition coefficient (Wildman–Crippen LogP) is 4.43. The Morgan fingerprint density at radius 2 is 1.83 bits per heavy atom. The number of benzene rings is 1. The van der Waals surface area contributed by atoms with E-state index in [-0.39, 0.29) is 5.91 Å². The van der Waals surface area contributed by atoms with E-state index in [9.17, 15) is 4.79 Å². The van der Waals surface area contributed by atoms with Gasteiger partial charge in [0.1, 0.15) is 5.69 Å². The fourth-order valence-electron chi connectivity index (χ4n) is 3.96. The van der Waals surface area contributed by atoms with Crippen molar-refractivity contribution in [3.63, 3.8) is 0 Å². The van der Waals surface area contributed by atoms with Crippen LogP contribution in [0.5, 0.6) is 0 Å². The average molecular weight is 405 g/mol. The highest BCUT2D eigenvalue weighted by Crippen LogP contribution is 2.24. The second kappa shape index (κ2) is 8.71. The number of anilines is 2. The molecule has 0 aliphatic carbocycles. The minimum Gasteiger partial charge on any atom is -0.463 e. The molecule has 6 heteroatoms. The molecule has 4 rings (SSSR count). The van der Waals surface area contributed by atoms with Gasteiger partial charge in [0.25, 0.3) is 5.91 Å². The van der Waals surface area contributed by atoms with E-state index in [1.807, 2.05) is 31.2 Å². The zero-order chi connectivity index (χ0) is 21.1.